The number of benzene rings is 2. The third-order valence-corrected chi connectivity index (χ3v) is 4.54. The fourth-order valence-corrected chi connectivity index (χ4v) is 3.07. The number of nitrogens with one attached hydrogen (secondary N) is 2. The molecule has 0 radical (unpaired) electrons. The lowest BCUT2D eigenvalue weighted by molar-refractivity contribution is -0.137. The minimum atomic E-state index is -4.36. The van der Waals surface area contributed by atoms with Crippen LogP contribution in [0.15, 0.2) is 48.5 Å². The molecule has 0 aromatic heterocycles. The van der Waals surface area contributed by atoms with Crippen molar-refractivity contribution in [3.63, 3.8) is 0 Å². The number of anilines is 3. The van der Waals surface area contributed by atoms with Gasteiger partial charge in [0.05, 0.1) is 12.1 Å². The highest BCUT2D eigenvalue weighted by atomic mass is 19.4. The Morgan fingerprint density at radius 1 is 0.889 bits per heavy atom. The molecule has 1 aliphatic rings. The number of carbonyl (C=O) groups is 1. The number of nitrogens with zero attached hydrogens (tertiary/aromatic N) is 1. The Hall–Kier alpha value is -2.70. The molecule has 27 heavy (non-hydrogen) atoms. The maximum absolute atomic E-state index is 12.5. The molecule has 0 unspecified atom stereocenters. The van der Waals surface area contributed by atoms with E-state index in [4.69, 9.17) is 0 Å². The topological polar surface area (TPSA) is 44.4 Å². The van der Waals surface area contributed by atoms with Crippen LogP contribution in [0.5, 0.6) is 0 Å². The molecule has 1 amide bonds. The summed E-state index contributed by atoms with van der Waals surface area (Å²) < 4.78 is 37.6. The van der Waals surface area contributed by atoms with E-state index in [1.807, 2.05) is 24.3 Å². The SMILES string of the molecule is O=C(CNc1ccc(C(F)(F)F)cc1)Nc1ccc(N2CCCCC2)cc1. The Bertz CT molecular complexity index is 752. The van der Waals surface area contributed by atoms with E-state index in [9.17, 15) is 18.0 Å². The number of amides is 1. The zero-order chi connectivity index (χ0) is 19.3. The summed E-state index contributed by atoms with van der Waals surface area (Å²) in [5.41, 5.74) is 1.58. The lowest BCUT2D eigenvalue weighted by Gasteiger charge is -2.28. The summed E-state index contributed by atoms with van der Waals surface area (Å²) in [6, 6.07) is 12.3. The number of piperidine rings is 1. The molecule has 3 rings (SSSR count). The predicted octanol–water partition coefficient (Wildman–Crippen LogP) is 4.75. The molecule has 0 atom stereocenters. The lowest BCUT2D eigenvalue weighted by Crippen LogP contribution is -2.29. The standard InChI is InChI=1S/C20H22F3N3O/c21-20(22,23)15-4-6-16(7-5-15)24-14-19(27)25-17-8-10-18(11-9-17)26-12-2-1-3-13-26/h4-11,24H,1-3,12-14H2,(H,25,27). The van der Waals surface area contributed by atoms with E-state index in [0.29, 0.717) is 11.4 Å². The number of hydrogen-bond donors (Lipinski definition) is 2. The van der Waals surface area contributed by atoms with Gasteiger partial charge < -0.3 is 15.5 Å². The first-order valence-electron chi connectivity index (χ1n) is 8.98. The smallest absolute Gasteiger partial charge is 0.376 e. The van der Waals surface area contributed by atoms with Crippen LogP contribution >= 0.6 is 0 Å². The van der Waals surface area contributed by atoms with E-state index in [-0.39, 0.29) is 12.5 Å². The first-order chi connectivity index (χ1) is 12.9. The van der Waals surface area contributed by atoms with Gasteiger partial charge in [0.15, 0.2) is 0 Å². The summed E-state index contributed by atoms with van der Waals surface area (Å²) >= 11 is 0. The van der Waals surface area contributed by atoms with E-state index in [1.54, 1.807) is 0 Å². The monoisotopic (exact) mass is 377 g/mol. The first-order valence-corrected chi connectivity index (χ1v) is 8.98. The number of halogens is 3. The minimum Gasteiger partial charge on any atom is -0.376 e. The van der Waals surface area contributed by atoms with E-state index < -0.39 is 11.7 Å². The van der Waals surface area contributed by atoms with Crippen LogP contribution < -0.4 is 15.5 Å². The molecule has 1 saturated heterocycles. The van der Waals surface area contributed by atoms with Crippen molar-refractivity contribution in [2.24, 2.45) is 0 Å². The van der Waals surface area contributed by atoms with Crippen molar-refractivity contribution in [3.05, 3.63) is 54.1 Å². The first kappa shape index (κ1) is 19.1. The highest BCUT2D eigenvalue weighted by Gasteiger charge is 2.29. The average molecular weight is 377 g/mol. The number of carbonyl (C=O) groups excluding carboxylic acids is 1. The highest BCUT2D eigenvalue weighted by Crippen LogP contribution is 2.29. The Morgan fingerprint density at radius 2 is 1.48 bits per heavy atom. The normalized spacial score (nSPS) is 14.7. The molecule has 0 saturated carbocycles. The van der Waals surface area contributed by atoms with Crippen molar-refractivity contribution in [1.82, 2.24) is 0 Å². The summed E-state index contributed by atoms with van der Waals surface area (Å²) in [6.45, 7) is 2.09. The van der Waals surface area contributed by atoms with Gasteiger partial charge in [-0.25, -0.2) is 0 Å². The summed E-state index contributed by atoms with van der Waals surface area (Å²) in [5, 5.41) is 5.60. The molecule has 144 valence electrons. The van der Waals surface area contributed by atoms with Gasteiger partial charge in [-0.1, -0.05) is 0 Å². The average Bonchev–Trinajstić information content (AvgIpc) is 2.67. The van der Waals surface area contributed by atoms with Crippen LogP contribution in [0.25, 0.3) is 0 Å². The van der Waals surface area contributed by atoms with Crippen molar-refractivity contribution >= 4 is 23.0 Å². The molecule has 2 N–H and O–H groups in total. The Kier molecular flexibility index (Phi) is 5.88. The Balaban J connectivity index is 1.49. The van der Waals surface area contributed by atoms with Crippen LogP contribution in [-0.2, 0) is 11.0 Å². The number of alkyl halides is 3. The van der Waals surface area contributed by atoms with Crippen molar-refractivity contribution in [3.8, 4) is 0 Å². The van der Waals surface area contributed by atoms with Gasteiger partial charge >= 0.3 is 6.18 Å². The zero-order valence-corrected chi connectivity index (χ0v) is 14.9. The van der Waals surface area contributed by atoms with Crippen LogP contribution in [0.4, 0.5) is 30.2 Å². The van der Waals surface area contributed by atoms with Crippen LogP contribution in [0.1, 0.15) is 24.8 Å². The molecule has 0 bridgehead atoms. The predicted molar refractivity (Wildman–Crippen MR) is 101 cm³/mol. The molecule has 7 heteroatoms. The lowest BCUT2D eigenvalue weighted by atomic mass is 10.1. The van der Waals surface area contributed by atoms with E-state index in [0.717, 1.165) is 30.9 Å². The summed E-state index contributed by atoms with van der Waals surface area (Å²) in [6.07, 6.45) is -0.685. The zero-order valence-electron chi connectivity index (χ0n) is 14.9. The van der Waals surface area contributed by atoms with Gasteiger partial charge in [-0.2, -0.15) is 13.2 Å². The fraction of sp³-hybridized carbons (Fsp3) is 0.350. The molecule has 0 spiro atoms. The maximum Gasteiger partial charge on any atom is 0.416 e. The minimum absolute atomic E-state index is 0.0285. The van der Waals surface area contributed by atoms with Crippen molar-refractivity contribution in [2.45, 2.75) is 25.4 Å². The molecule has 2 aromatic rings. The third-order valence-electron chi connectivity index (χ3n) is 4.54. The molecule has 1 aliphatic heterocycles. The quantitative estimate of drug-likeness (QED) is 0.791. The van der Waals surface area contributed by atoms with Crippen LogP contribution in [0.2, 0.25) is 0 Å². The second-order valence-corrected chi connectivity index (χ2v) is 6.57. The molecule has 4 nitrogen and oxygen atoms in total. The maximum atomic E-state index is 12.5. The van der Waals surface area contributed by atoms with E-state index in [1.165, 1.54) is 31.4 Å². The van der Waals surface area contributed by atoms with Crippen LogP contribution in [0, 0.1) is 0 Å². The molecule has 2 aromatic carbocycles. The number of hydrogen-bond acceptors (Lipinski definition) is 3. The Labute approximate surface area is 156 Å². The van der Waals surface area contributed by atoms with Crippen molar-refractivity contribution in [1.29, 1.82) is 0 Å². The largest absolute Gasteiger partial charge is 0.416 e. The van der Waals surface area contributed by atoms with Gasteiger partial charge in [0.1, 0.15) is 0 Å². The van der Waals surface area contributed by atoms with Crippen molar-refractivity contribution < 1.29 is 18.0 Å². The van der Waals surface area contributed by atoms with Gasteiger partial charge in [-0.15, -0.1) is 0 Å². The fourth-order valence-electron chi connectivity index (χ4n) is 3.07. The van der Waals surface area contributed by atoms with Crippen LogP contribution in [-0.4, -0.2) is 25.5 Å². The van der Waals surface area contributed by atoms with Gasteiger partial charge in [0, 0.05) is 30.2 Å². The Morgan fingerprint density at radius 3 is 2.07 bits per heavy atom. The third kappa shape index (κ3) is 5.39. The summed E-state index contributed by atoms with van der Waals surface area (Å²) in [7, 11) is 0. The summed E-state index contributed by atoms with van der Waals surface area (Å²) in [4.78, 5) is 14.4. The highest BCUT2D eigenvalue weighted by molar-refractivity contribution is 5.93. The molecular formula is C20H22F3N3O. The second-order valence-electron chi connectivity index (χ2n) is 6.57. The van der Waals surface area contributed by atoms with Gasteiger partial charge in [-0.05, 0) is 67.8 Å². The summed E-state index contributed by atoms with van der Waals surface area (Å²) in [5.74, 6) is -0.263. The van der Waals surface area contributed by atoms with Gasteiger partial charge in [0.2, 0.25) is 5.91 Å². The molecule has 1 fully saturated rings. The van der Waals surface area contributed by atoms with Crippen LogP contribution in [0.3, 0.4) is 0 Å². The van der Waals surface area contributed by atoms with Gasteiger partial charge in [0.25, 0.3) is 0 Å². The van der Waals surface area contributed by atoms with E-state index >= 15 is 0 Å². The second kappa shape index (κ2) is 8.33. The van der Waals surface area contributed by atoms with E-state index in [2.05, 4.69) is 15.5 Å². The van der Waals surface area contributed by atoms with Gasteiger partial charge in [-0.3, -0.25) is 4.79 Å². The molecule has 0 aliphatic carbocycles. The molecular weight excluding hydrogens is 355 g/mol. The molecule has 1 heterocycles. The van der Waals surface area contributed by atoms with Crippen molar-refractivity contribution in [2.75, 3.05) is 35.2 Å². The number of rotatable bonds is 5.